The van der Waals surface area contributed by atoms with Gasteiger partial charge in [0.25, 0.3) is 0 Å². The number of hydrogen-bond donors (Lipinski definition) is 0. The summed E-state index contributed by atoms with van der Waals surface area (Å²) < 4.78 is 0. The highest BCUT2D eigenvalue weighted by molar-refractivity contribution is 7.73. The van der Waals surface area contributed by atoms with Crippen LogP contribution in [0.25, 0.3) is 0 Å². The summed E-state index contributed by atoms with van der Waals surface area (Å²) in [6.07, 6.45) is 15.7. The third-order valence-corrected chi connectivity index (χ3v) is 10.6. The Morgan fingerprint density at radius 1 is 0.519 bits per heavy atom. The monoisotopic (exact) mass is 400 g/mol. The summed E-state index contributed by atoms with van der Waals surface area (Å²) in [5, 5.41) is 3.08. The second kappa shape index (κ2) is 14.3. The first-order valence-electron chi connectivity index (χ1n) is 10.9. The van der Waals surface area contributed by atoms with Crippen molar-refractivity contribution in [3.05, 3.63) is 60.7 Å². The Balaban J connectivity index is 1.93. The van der Waals surface area contributed by atoms with Gasteiger partial charge in [-0.2, -0.15) is 0 Å². The molecule has 0 unspecified atom stereocenters. The average molecular weight is 401 g/mol. The van der Waals surface area contributed by atoms with E-state index in [1.807, 2.05) is 0 Å². The Kier molecular flexibility index (Phi) is 12.0. The lowest BCUT2D eigenvalue weighted by Crippen LogP contribution is -2.14. The smallest absolute Gasteiger partial charge is 0.0195 e. The molecular formula is C25H38P2. The fourth-order valence-corrected chi connectivity index (χ4v) is 8.80. The van der Waals surface area contributed by atoms with Gasteiger partial charge >= 0.3 is 0 Å². The zero-order chi connectivity index (χ0) is 19.2. The molecular weight excluding hydrogens is 362 g/mol. The fraction of sp³-hybridized carbons (Fsp3) is 0.520. The van der Waals surface area contributed by atoms with E-state index in [0.717, 1.165) is 0 Å². The van der Waals surface area contributed by atoms with Crippen LogP contribution in [0.4, 0.5) is 0 Å². The molecule has 0 bridgehead atoms. The summed E-state index contributed by atoms with van der Waals surface area (Å²) >= 11 is 0. The van der Waals surface area contributed by atoms with E-state index in [9.17, 15) is 0 Å². The van der Waals surface area contributed by atoms with Gasteiger partial charge in [-0.3, -0.25) is 0 Å². The van der Waals surface area contributed by atoms with Crippen molar-refractivity contribution in [2.24, 2.45) is 0 Å². The van der Waals surface area contributed by atoms with Gasteiger partial charge < -0.3 is 0 Å². The minimum atomic E-state index is -0.203. The summed E-state index contributed by atoms with van der Waals surface area (Å²) in [6.45, 7) is 4.65. The topological polar surface area (TPSA) is 0 Å². The zero-order valence-electron chi connectivity index (χ0n) is 17.4. The molecule has 0 N–H and O–H groups in total. The lowest BCUT2D eigenvalue weighted by atomic mass is 10.3. The van der Waals surface area contributed by atoms with E-state index in [4.69, 9.17) is 0 Å². The van der Waals surface area contributed by atoms with Gasteiger partial charge in [0, 0.05) is 0 Å². The summed E-state index contributed by atoms with van der Waals surface area (Å²) in [5.41, 5.74) is 0. The Labute approximate surface area is 170 Å². The van der Waals surface area contributed by atoms with Crippen molar-refractivity contribution >= 4 is 26.5 Å². The summed E-state index contributed by atoms with van der Waals surface area (Å²) in [7, 11) is 0.0549. The van der Waals surface area contributed by atoms with Crippen molar-refractivity contribution in [3.63, 3.8) is 0 Å². The van der Waals surface area contributed by atoms with E-state index >= 15 is 0 Å². The lowest BCUT2D eigenvalue weighted by Gasteiger charge is -2.22. The Hall–Kier alpha value is -0.700. The number of hydrogen-bond acceptors (Lipinski definition) is 0. The van der Waals surface area contributed by atoms with Gasteiger partial charge in [-0.05, 0) is 62.4 Å². The molecule has 27 heavy (non-hydrogen) atoms. The lowest BCUT2D eigenvalue weighted by molar-refractivity contribution is 0.760. The van der Waals surface area contributed by atoms with Crippen LogP contribution in [0.3, 0.4) is 0 Å². The van der Waals surface area contributed by atoms with E-state index < -0.39 is 0 Å². The maximum atomic E-state index is 2.34. The minimum Gasteiger partial charge on any atom is -0.107 e. The van der Waals surface area contributed by atoms with Gasteiger partial charge in [-0.1, -0.05) is 100 Å². The first kappa shape index (κ1) is 22.6. The SMILES string of the molecule is CCCCCP(CCCCC)CCCP(c1ccccc1)c1ccccc1. The summed E-state index contributed by atoms with van der Waals surface area (Å²) in [4.78, 5) is 0. The van der Waals surface area contributed by atoms with Crippen LogP contribution in [-0.2, 0) is 0 Å². The van der Waals surface area contributed by atoms with Crippen LogP contribution in [0.2, 0.25) is 0 Å². The van der Waals surface area contributed by atoms with Crippen LogP contribution in [-0.4, -0.2) is 24.6 Å². The second-order valence-electron chi connectivity index (χ2n) is 7.43. The summed E-state index contributed by atoms with van der Waals surface area (Å²) in [5.74, 6) is 0. The van der Waals surface area contributed by atoms with E-state index in [2.05, 4.69) is 74.5 Å². The van der Waals surface area contributed by atoms with Crippen molar-refractivity contribution in [1.29, 1.82) is 0 Å². The van der Waals surface area contributed by atoms with Crippen LogP contribution < -0.4 is 10.6 Å². The molecule has 0 atom stereocenters. The minimum absolute atomic E-state index is 0.203. The molecule has 0 radical (unpaired) electrons. The van der Waals surface area contributed by atoms with Gasteiger partial charge in [0.05, 0.1) is 0 Å². The Morgan fingerprint density at radius 2 is 0.963 bits per heavy atom. The molecule has 0 heterocycles. The van der Waals surface area contributed by atoms with Crippen LogP contribution in [0.1, 0.15) is 58.8 Å². The Morgan fingerprint density at radius 3 is 1.41 bits per heavy atom. The van der Waals surface area contributed by atoms with Crippen LogP contribution in [0.15, 0.2) is 60.7 Å². The first-order valence-corrected chi connectivity index (χ1v) is 14.4. The maximum absolute atomic E-state index is 2.34. The van der Waals surface area contributed by atoms with Gasteiger partial charge in [0.2, 0.25) is 0 Å². The molecule has 0 aliphatic carbocycles. The third kappa shape index (κ3) is 8.89. The van der Waals surface area contributed by atoms with Crippen LogP contribution in [0, 0.1) is 0 Å². The normalized spacial score (nSPS) is 11.4. The van der Waals surface area contributed by atoms with Crippen molar-refractivity contribution in [1.82, 2.24) is 0 Å². The van der Waals surface area contributed by atoms with Gasteiger partial charge in [-0.25, -0.2) is 0 Å². The second-order valence-corrected chi connectivity index (χ2v) is 12.5. The number of unbranched alkanes of at least 4 members (excludes halogenated alkanes) is 4. The largest absolute Gasteiger partial charge is 0.107 e. The molecule has 2 rings (SSSR count). The molecule has 0 aliphatic heterocycles. The van der Waals surface area contributed by atoms with Crippen molar-refractivity contribution in [2.45, 2.75) is 58.8 Å². The molecule has 2 aromatic rings. The molecule has 148 valence electrons. The van der Waals surface area contributed by atoms with Gasteiger partial charge in [0.15, 0.2) is 0 Å². The standard InChI is InChI=1S/C25H38P2/c1-3-5-13-20-26(21-14-6-4-2)22-15-23-27(24-16-9-7-10-17-24)25-18-11-8-12-19-25/h7-12,16-19H,3-6,13-15,20-23H2,1-2H3. The van der Waals surface area contributed by atoms with Crippen molar-refractivity contribution in [3.8, 4) is 0 Å². The highest BCUT2D eigenvalue weighted by Gasteiger charge is 2.14. The van der Waals surface area contributed by atoms with Crippen molar-refractivity contribution in [2.75, 3.05) is 24.6 Å². The number of rotatable bonds is 14. The van der Waals surface area contributed by atoms with Crippen LogP contribution in [0.5, 0.6) is 0 Å². The van der Waals surface area contributed by atoms with Crippen LogP contribution >= 0.6 is 15.8 Å². The van der Waals surface area contributed by atoms with Crippen molar-refractivity contribution < 1.29 is 0 Å². The maximum Gasteiger partial charge on any atom is -0.0195 e. The average Bonchev–Trinajstić information content (AvgIpc) is 2.72. The summed E-state index contributed by atoms with van der Waals surface area (Å²) in [6, 6.07) is 22.4. The Bertz CT molecular complexity index is 532. The molecule has 0 spiro atoms. The molecule has 2 heteroatoms. The predicted molar refractivity (Wildman–Crippen MR) is 129 cm³/mol. The third-order valence-electron chi connectivity index (χ3n) is 5.15. The number of benzene rings is 2. The van der Waals surface area contributed by atoms with Gasteiger partial charge in [0.1, 0.15) is 0 Å². The van der Waals surface area contributed by atoms with E-state index in [1.165, 1.54) is 69.6 Å². The fourth-order valence-electron chi connectivity index (χ4n) is 3.58. The first-order chi connectivity index (χ1) is 13.3. The molecule has 0 aromatic heterocycles. The van der Waals surface area contributed by atoms with E-state index in [0.29, 0.717) is 0 Å². The molecule has 0 amide bonds. The molecule has 0 nitrogen and oxygen atoms in total. The highest BCUT2D eigenvalue weighted by Crippen LogP contribution is 2.41. The van der Waals surface area contributed by atoms with E-state index in [-0.39, 0.29) is 15.8 Å². The molecule has 0 aliphatic rings. The predicted octanol–water partition coefficient (Wildman–Crippen LogP) is 7.37. The molecule has 0 fully saturated rings. The van der Waals surface area contributed by atoms with Gasteiger partial charge in [-0.15, -0.1) is 7.92 Å². The molecule has 2 aromatic carbocycles. The van der Waals surface area contributed by atoms with E-state index in [1.54, 1.807) is 10.6 Å². The zero-order valence-corrected chi connectivity index (χ0v) is 19.2. The highest BCUT2D eigenvalue weighted by atomic mass is 31.1. The molecule has 0 saturated carbocycles. The molecule has 0 saturated heterocycles. The quantitative estimate of drug-likeness (QED) is 0.229.